The first-order chi connectivity index (χ1) is 8.62. The van der Waals surface area contributed by atoms with Gasteiger partial charge in [-0.3, -0.25) is 0 Å². The van der Waals surface area contributed by atoms with Gasteiger partial charge in [-0.2, -0.15) is 0 Å². The Balaban J connectivity index is 2.85. The molecule has 1 aromatic carbocycles. The number of benzene rings is 1. The molecule has 0 atom stereocenters. The maximum absolute atomic E-state index is 11.6. The number of hydrogen-bond acceptors (Lipinski definition) is 3. The van der Waals surface area contributed by atoms with E-state index in [1.165, 1.54) is 7.11 Å². The summed E-state index contributed by atoms with van der Waals surface area (Å²) in [5.74, 6) is 0.244. The second-order valence-electron chi connectivity index (χ2n) is 4.24. The highest BCUT2D eigenvalue weighted by molar-refractivity contribution is 6.31. The second kappa shape index (κ2) is 7.27. The van der Waals surface area contributed by atoms with Crippen LogP contribution in [0, 0.1) is 5.92 Å². The monoisotopic (exact) mass is 269 g/mol. The molecule has 18 heavy (non-hydrogen) atoms. The number of rotatable bonds is 6. The predicted molar refractivity (Wildman–Crippen MR) is 75.4 cm³/mol. The quantitative estimate of drug-likeness (QED) is 0.794. The van der Waals surface area contributed by atoms with Crippen molar-refractivity contribution in [2.45, 2.75) is 26.7 Å². The van der Waals surface area contributed by atoms with E-state index in [9.17, 15) is 4.79 Å². The number of hydrogen-bond donors (Lipinski definition) is 1. The van der Waals surface area contributed by atoms with Gasteiger partial charge in [-0.15, -0.1) is 0 Å². The third-order valence-electron chi connectivity index (χ3n) is 3.12. The Bertz CT molecular complexity index is 403. The molecule has 1 N–H and O–H groups in total. The molecule has 0 aromatic heterocycles. The summed E-state index contributed by atoms with van der Waals surface area (Å²) in [5, 5.41) is 3.89. The summed E-state index contributed by atoms with van der Waals surface area (Å²) in [6, 6.07) is 5.13. The molecule has 1 rings (SSSR count). The van der Waals surface area contributed by atoms with E-state index in [2.05, 4.69) is 19.2 Å². The van der Waals surface area contributed by atoms with Crippen molar-refractivity contribution in [2.24, 2.45) is 5.92 Å². The minimum absolute atomic E-state index is 0.348. The summed E-state index contributed by atoms with van der Waals surface area (Å²) < 4.78 is 4.75. The van der Waals surface area contributed by atoms with Crippen LogP contribution in [0.5, 0.6) is 0 Å². The van der Waals surface area contributed by atoms with E-state index >= 15 is 0 Å². The van der Waals surface area contributed by atoms with Gasteiger partial charge in [-0.1, -0.05) is 38.3 Å². The van der Waals surface area contributed by atoms with Crippen LogP contribution in [-0.2, 0) is 4.74 Å². The number of carbonyl (C=O) groups is 1. The number of anilines is 1. The maximum atomic E-state index is 11.6. The van der Waals surface area contributed by atoms with Crippen molar-refractivity contribution >= 4 is 23.3 Å². The van der Waals surface area contributed by atoms with E-state index in [-0.39, 0.29) is 5.97 Å². The topological polar surface area (TPSA) is 38.3 Å². The lowest BCUT2D eigenvalue weighted by molar-refractivity contribution is 0.0602. The fourth-order valence-corrected chi connectivity index (χ4v) is 1.95. The molecule has 1 aromatic rings. The fourth-order valence-electron chi connectivity index (χ4n) is 1.78. The van der Waals surface area contributed by atoms with E-state index in [0.717, 1.165) is 25.1 Å². The number of nitrogens with one attached hydrogen (secondary N) is 1. The normalized spacial score (nSPS) is 10.5. The SMILES string of the molecule is CCC(CC)CNc1cc(Cl)ccc1C(=O)OC. The first-order valence-electron chi connectivity index (χ1n) is 6.24. The molecule has 0 saturated heterocycles. The van der Waals surface area contributed by atoms with Gasteiger partial charge in [0.25, 0.3) is 0 Å². The summed E-state index contributed by atoms with van der Waals surface area (Å²) in [5.41, 5.74) is 1.26. The smallest absolute Gasteiger partial charge is 0.339 e. The molecule has 0 amide bonds. The van der Waals surface area contributed by atoms with Gasteiger partial charge in [0, 0.05) is 11.6 Å². The van der Waals surface area contributed by atoms with Crippen molar-refractivity contribution < 1.29 is 9.53 Å². The van der Waals surface area contributed by atoms with Crippen LogP contribution in [0.4, 0.5) is 5.69 Å². The van der Waals surface area contributed by atoms with Crippen molar-refractivity contribution in [1.29, 1.82) is 0 Å². The fraction of sp³-hybridized carbons (Fsp3) is 0.500. The molecule has 0 heterocycles. The predicted octanol–water partition coefficient (Wildman–Crippen LogP) is 3.97. The molecule has 0 radical (unpaired) electrons. The molecule has 100 valence electrons. The van der Waals surface area contributed by atoms with Gasteiger partial charge >= 0.3 is 5.97 Å². The zero-order valence-corrected chi connectivity index (χ0v) is 11.9. The van der Waals surface area contributed by atoms with E-state index < -0.39 is 0 Å². The molecule has 3 nitrogen and oxygen atoms in total. The molecule has 0 aliphatic heterocycles. The summed E-state index contributed by atoms with van der Waals surface area (Å²) in [6.07, 6.45) is 2.22. The third-order valence-corrected chi connectivity index (χ3v) is 3.36. The number of ether oxygens (including phenoxy) is 1. The lowest BCUT2D eigenvalue weighted by atomic mass is 10.0. The van der Waals surface area contributed by atoms with Crippen LogP contribution >= 0.6 is 11.6 Å². The Morgan fingerprint density at radius 2 is 2.06 bits per heavy atom. The maximum Gasteiger partial charge on any atom is 0.339 e. The summed E-state index contributed by atoms with van der Waals surface area (Å²) >= 11 is 5.96. The Kier molecular flexibility index (Phi) is 5.99. The average Bonchev–Trinajstić information content (AvgIpc) is 2.39. The zero-order chi connectivity index (χ0) is 13.5. The molecule has 0 saturated carbocycles. The van der Waals surface area contributed by atoms with E-state index in [4.69, 9.17) is 16.3 Å². The van der Waals surface area contributed by atoms with E-state index in [0.29, 0.717) is 16.5 Å². The highest BCUT2D eigenvalue weighted by Gasteiger charge is 2.13. The van der Waals surface area contributed by atoms with Crippen molar-refractivity contribution in [2.75, 3.05) is 19.0 Å². The molecule has 0 spiro atoms. The van der Waals surface area contributed by atoms with Gasteiger partial charge in [0.05, 0.1) is 18.4 Å². The summed E-state index contributed by atoms with van der Waals surface area (Å²) in [6.45, 7) is 5.15. The molecule has 0 bridgehead atoms. The highest BCUT2D eigenvalue weighted by Crippen LogP contribution is 2.22. The summed E-state index contributed by atoms with van der Waals surface area (Å²) in [7, 11) is 1.38. The van der Waals surface area contributed by atoms with Crippen molar-refractivity contribution in [3.63, 3.8) is 0 Å². The zero-order valence-electron chi connectivity index (χ0n) is 11.1. The number of carbonyl (C=O) groups excluding carboxylic acids is 1. The van der Waals surface area contributed by atoms with Crippen molar-refractivity contribution in [1.82, 2.24) is 0 Å². The molecular formula is C14H20ClNO2. The highest BCUT2D eigenvalue weighted by atomic mass is 35.5. The lowest BCUT2D eigenvalue weighted by Crippen LogP contribution is -2.15. The van der Waals surface area contributed by atoms with Gasteiger partial charge in [0.1, 0.15) is 0 Å². The van der Waals surface area contributed by atoms with Crippen LogP contribution in [0.1, 0.15) is 37.0 Å². The van der Waals surface area contributed by atoms with Gasteiger partial charge < -0.3 is 10.1 Å². The first kappa shape index (κ1) is 14.8. The largest absolute Gasteiger partial charge is 0.465 e. The molecule has 0 unspecified atom stereocenters. The van der Waals surface area contributed by atoms with Crippen LogP contribution in [-0.4, -0.2) is 19.6 Å². The number of halogens is 1. The van der Waals surface area contributed by atoms with Gasteiger partial charge in [0.15, 0.2) is 0 Å². The standard InChI is InChI=1S/C14H20ClNO2/c1-4-10(5-2)9-16-13-8-11(15)6-7-12(13)14(17)18-3/h6-8,10,16H,4-5,9H2,1-3H3. The van der Waals surface area contributed by atoms with Gasteiger partial charge in [0.2, 0.25) is 0 Å². The number of esters is 1. The van der Waals surface area contributed by atoms with Gasteiger partial charge in [-0.25, -0.2) is 4.79 Å². The van der Waals surface area contributed by atoms with Gasteiger partial charge in [-0.05, 0) is 24.1 Å². The van der Waals surface area contributed by atoms with Crippen LogP contribution in [0.25, 0.3) is 0 Å². The Hall–Kier alpha value is -1.22. The lowest BCUT2D eigenvalue weighted by Gasteiger charge is -2.16. The molecule has 0 fully saturated rings. The Morgan fingerprint density at radius 1 is 1.39 bits per heavy atom. The third kappa shape index (κ3) is 3.91. The molecule has 4 heteroatoms. The first-order valence-corrected chi connectivity index (χ1v) is 6.61. The van der Waals surface area contributed by atoms with Crippen LogP contribution in [0.15, 0.2) is 18.2 Å². The van der Waals surface area contributed by atoms with Crippen molar-refractivity contribution in [3.05, 3.63) is 28.8 Å². The van der Waals surface area contributed by atoms with E-state index in [1.807, 2.05) is 0 Å². The summed E-state index contributed by atoms with van der Waals surface area (Å²) in [4.78, 5) is 11.6. The average molecular weight is 270 g/mol. The van der Waals surface area contributed by atoms with E-state index in [1.54, 1.807) is 18.2 Å². The Labute approximate surface area is 113 Å². The molecule has 0 aliphatic rings. The second-order valence-corrected chi connectivity index (χ2v) is 4.68. The van der Waals surface area contributed by atoms with Crippen LogP contribution < -0.4 is 5.32 Å². The number of methoxy groups -OCH3 is 1. The minimum atomic E-state index is -0.348. The Morgan fingerprint density at radius 3 is 2.61 bits per heavy atom. The van der Waals surface area contributed by atoms with Crippen LogP contribution in [0.2, 0.25) is 5.02 Å². The van der Waals surface area contributed by atoms with Crippen LogP contribution in [0.3, 0.4) is 0 Å². The van der Waals surface area contributed by atoms with Crippen molar-refractivity contribution in [3.8, 4) is 0 Å². The molecular weight excluding hydrogens is 250 g/mol. The minimum Gasteiger partial charge on any atom is -0.465 e. The molecule has 0 aliphatic carbocycles.